The summed E-state index contributed by atoms with van der Waals surface area (Å²) in [6, 6.07) is 0. The van der Waals surface area contributed by atoms with Crippen LogP contribution in [-0.4, -0.2) is 104 Å². The molecular weight excluding hydrogens is 292 g/mol. The third kappa shape index (κ3) is 4.16. The molecule has 0 aromatic heterocycles. The Morgan fingerprint density at radius 3 is 2.19 bits per heavy atom. The smallest absolute Gasteiger partial charge is 0.187 e. The predicted molar refractivity (Wildman–Crippen MR) is 63.8 cm³/mol. The van der Waals surface area contributed by atoms with Crippen molar-refractivity contribution < 1.29 is 50.0 Å². The van der Waals surface area contributed by atoms with Crippen LogP contribution in [0.1, 0.15) is 0 Å². The molecule has 7 N–H and O–H groups in total. The van der Waals surface area contributed by atoms with Crippen molar-refractivity contribution in [2.75, 3.05) is 13.2 Å². The Morgan fingerprint density at radius 1 is 1.10 bits per heavy atom. The second-order valence-corrected chi connectivity index (χ2v) is 4.67. The molecule has 8 unspecified atom stereocenters. The number of hydrogen-bond donors (Lipinski definition) is 7. The highest BCUT2D eigenvalue weighted by atomic mass is 16.7. The van der Waals surface area contributed by atoms with Gasteiger partial charge in [0.15, 0.2) is 12.6 Å². The molecule has 8 atom stereocenters. The van der Waals surface area contributed by atoms with Gasteiger partial charge in [0.2, 0.25) is 0 Å². The van der Waals surface area contributed by atoms with Gasteiger partial charge in [0.05, 0.1) is 13.2 Å². The SMILES string of the molecule is O=CC(O)C(O)C(CO)OC1OC(CO)C(O)C(O)C1O. The number of aldehydes is 1. The Morgan fingerprint density at radius 2 is 1.71 bits per heavy atom. The number of rotatable bonds is 7. The van der Waals surface area contributed by atoms with E-state index in [0.717, 1.165) is 0 Å². The summed E-state index contributed by atoms with van der Waals surface area (Å²) in [7, 11) is 0. The van der Waals surface area contributed by atoms with Gasteiger partial charge in [0.25, 0.3) is 0 Å². The number of carbonyl (C=O) groups is 1. The van der Waals surface area contributed by atoms with Crippen LogP contribution in [0.4, 0.5) is 0 Å². The molecule has 1 aliphatic heterocycles. The van der Waals surface area contributed by atoms with Crippen LogP contribution >= 0.6 is 0 Å². The Kier molecular flexibility index (Phi) is 7.06. The van der Waals surface area contributed by atoms with Crippen molar-refractivity contribution >= 4 is 6.29 Å². The highest BCUT2D eigenvalue weighted by Crippen LogP contribution is 2.23. The van der Waals surface area contributed by atoms with Crippen molar-refractivity contribution in [3.05, 3.63) is 0 Å². The van der Waals surface area contributed by atoms with Crippen molar-refractivity contribution in [1.82, 2.24) is 0 Å². The maximum absolute atomic E-state index is 10.4. The van der Waals surface area contributed by atoms with E-state index in [1.165, 1.54) is 0 Å². The van der Waals surface area contributed by atoms with E-state index >= 15 is 0 Å². The highest BCUT2D eigenvalue weighted by molar-refractivity contribution is 5.56. The third-order valence-electron chi connectivity index (χ3n) is 3.21. The summed E-state index contributed by atoms with van der Waals surface area (Å²) in [5.41, 5.74) is 0. The fourth-order valence-electron chi connectivity index (χ4n) is 1.88. The van der Waals surface area contributed by atoms with Crippen molar-refractivity contribution in [2.45, 2.75) is 49.0 Å². The molecule has 1 rings (SSSR count). The normalized spacial score (nSPS) is 37.8. The standard InChI is InChI=1S/C11H20O10/c12-1-4(15)7(16)5(2-13)20-11-10(19)9(18)8(17)6(3-14)21-11/h1,4-11,13-19H,2-3H2. The lowest BCUT2D eigenvalue weighted by atomic mass is 9.99. The second kappa shape index (κ2) is 8.08. The molecule has 1 saturated heterocycles. The molecular formula is C11H20O10. The summed E-state index contributed by atoms with van der Waals surface area (Å²) in [4.78, 5) is 10.4. The van der Waals surface area contributed by atoms with Crippen LogP contribution in [0.25, 0.3) is 0 Å². The van der Waals surface area contributed by atoms with E-state index in [9.17, 15) is 30.3 Å². The minimum absolute atomic E-state index is 0.0317. The van der Waals surface area contributed by atoms with Crippen molar-refractivity contribution in [1.29, 1.82) is 0 Å². The maximum atomic E-state index is 10.4. The largest absolute Gasteiger partial charge is 0.394 e. The van der Waals surface area contributed by atoms with Gasteiger partial charge in [-0.15, -0.1) is 0 Å². The maximum Gasteiger partial charge on any atom is 0.187 e. The Labute approximate surface area is 119 Å². The van der Waals surface area contributed by atoms with Gasteiger partial charge in [0, 0.05) is 0 Å². The zero-order valence-electron chi connectivity index (χ0n) is 11.0. The average Bonchev–Trinajstić information content (AvgIpc) is 2.50. The number of ether oxygens (including phenoxy) is 2. The van der Waals surface area contributed by atoms with Gasteiger partial charge in [0.1, 0.15) is 42.7 Å². The summed E-state index contributed by atoms with van der Waals surface area (Å²) >= 11 is 0. The number of aliphatic hydroxyl groups excluding tert-OH is 7. The van der Waals surface area contributed by atoms with Crippen LogP contribution in [-0.2, 0) is 14.3 Å². The van der Waals surface area contributed by atoms with Crippen LogP contribution in [0.15, 0.2) is 0 Å². The first-order valence-electron chi connectivity index (χ1n) is 6.25. The molecule has 0 aromatic rings. The van der Waals surface area contributed by atoms with Crippen LogP contribution < -0.4 is 0 Å². The lowest BCUT2D eigenvalue weighted by molar-refractivity contribution is -0.320. The van der Waals surface area contributed by atoms with Gasteiger partial charge in [-0.1, -0.05) is 0 Å². The van der Waals surface area contributed by atoms with Gasteiger partial charge in [-0.05, 0) is 0 Å². The minimum Gasteiger partial charge on any atom is -0.394 e. The summed E-state index contributed by atoms with van der Waals surface area (Å²) in [5, 5.41) is 65.6. The van der Waals surface area contributed by atoms with E-state index in [1.54, 1.807) is 0 Å². The molecule has 0 aliphatic carbocycles. The lowest BCUT2D eigenvalue weighted by Crippen LogP contribution is -2.60. The molecule has 10 nitrogen and oxygen atoms in total. The van der Waals surface area contributed by atoms with Gasteiger partial charge in [-0.25, -0.2) is 0 Å². The van der Waals surface area contributed by atoms with E-state index < -0.39 is 62.2 Å². The number of carbonyl (C=O) groups excluding carboxylic acids is 1. The second-order valence-electron chi connectivity index (χ2n) is 4.67. The monoisotopic (exact) mass is 312 g/mol. The summed E-state index contributed by atoms with van der Waals surface area (Å²) < 4.78 is 10.0. The fourth-order valence-corrected chi connectivity index (χ4v) is 1.88. The lowest BCUT2D eigenvalue weighted by Gasteiger charge is -2.41. The molecule has 0 amide bonds. The zero-order chi connectivity index (χ0) is 16.2. The molecule has 0 spiro atoms. The summed E-state index contributed by atoms with van der Waals surface area (Å²) in [6.07, 6.45) is -12.9. The molecule has 1 aliphatic rings. The molecule has 0 radical (unpaired) electrons. The first-order chi connectivity index (χ1) is 9.87. The molecule has 124 valence electrons. The molecule has 0 aromatic carbocycles. The van der Waals surface area contributed by atoms with E-state index in [2.05, 4.69) is 0 Å². The number of hydrogen-bond acceptors (Lipinski definition) is 10. The predicted octanol–water partition coefficient (Wildman–Crippen LogP) is -4.92. The molecule has 1 heterocycles. The minimum atomic E-state index is -1.83. The van der Waals surface area contributed by atoms with Gasteiger partial charge in [-0.3, -0.25) is 0 Å². The van der Waals surface area contributed by atoms with E-state index in [0.29, 0.717) is 0 Å². The molecule has 1 fully saturated rings. The Bertz CT molecular complexity index is 324. The van der Waals surface area contributed by atoms with Crippen molar-refractivity contribution in [3.63, 3.8) is 0 Å². The van der Waals surface area contributed by atoms with E-state index in [4.69, 9.17) is 19.7 Å². The van der Waals surface area contributed by atoms with E-state index in [1.807, 2.05) is 0 Å². The first-order valence-corrected chi connectivity index (χ1v) is 6.25. The van der Waals surface area contributed by atoms with Crippen molar-refractivity contribution in [3.8, 4) is 0 Å². The van der Waals surface area contributed by atoms with E-state index in [-0.39, 0.29) is 6.29 Å². The van der Waals surface area contributed by atoms with Crippen molar-refractivity contribution in [2.24, 2.45) is 0 Å². The average molecular weight is 312 g/mol. The van der Waals surface area contributed by atoms with Crippen LogP contribution in [0, 0.1) is 0 Å². The quantitative estimate of drug-likeness (QED) is 0.225. The van der Waals surface area contributed by atoms with Gasteiger partial charge >= 0.3 is 0 Å². The Balaban J connectivity index is 2.76. The summed E-state index contributed by atoms with van der Waals surface area (Å²) in [5.74, 6) is 0. The molecule has 21 heavy (non-hydrogen) atoms. The van der Waals surface area contributed by atoms with Crippen LogP contribution in [0.2, 0.25) is 0 Å². The van der Waals surface area contributed by atoms with Crippen LogP contribution in [0.5, 0.6) is 0 Å². The first kappa shape index (κ1) is 18.4. The van der Waals surface area contributed by atoms with Gasteiger partial charge < -0.3 is 50.0 Å². The third-order valence-corrected chi connectivity index (χ3v) is 3.21. The summed E-state index contributed by atoms with van der Waals surface area (Å²) in [6.45, 7) is -1.49. The molecule has 0 bridgehead atoms. The fraction of sp³-hybridized carbons (Fsp3) is 0.909. The molecule has 0 saturated carbocycles. The topological polar surface area (TPSA) is 177 Å². The number of aliphatic hydroxyl groups is 7. The molecule has 10 heteroatoms. The highest BCUT2D eigenvalue weighted by Gasteiger charge is 2.45. The van der Waals surface area contributed by atoms with Crippen LogP contribution in [0.3, 0.4) is 0 Å². The Hall–Kier alpha value is -0.690. The van der Waals surface area contributed by atoms with Gasteiger partial charge in [-0.2, -0.15) is 0 Å². The zero-order valence-corrected chi connectivity index (χ0v) is 11.0.